The summed E-state index contributed by atoms with van der Waals surface area (Å²) in [6.07, 6.45) is 0.382. The van der Waals surface area contributed by atoms with Crippen molar-refractivity contribution in [2.45, 2.75) is 38.5 Å². The molecule has 9 nitrogen and oxygen atoms in total. The van der Waals surface area contributed by atoms with Crippen molar-refractivity contribution in [3.05, 3.63) is 29.6 Å². The van der Waals surface area contributed by atoms with Crippen molar-refractivity contribution in [3.8, 4) is 0 Å². The van der Waals surface area contributed by atoms with E-state index in [4.69, 9.17) is 4.74 Å². The van der Waals surface area contributed by atoms with E-state index >= 15 is 0 Å². The number of aliphatic imine (C=N–C) groups is 1. The molecule has 1 N–H and O–H groups in total. The average molecular weight is 416 g/mol. The van der Waals surface area contributed by atoms with Gasteiger partial charge in [0.2, 0.25) is 5.91 Å². The largest absolute Gasteiger partial charge is 0.366 e. The Bertz CT molecular complexity index is 989. The highest BCUT2D eigenvalue weighted by Gasteiger charge is 2.47. The van der Waals surface area contributed by atoms with Crippen molar-refractivity contribution in [2.24, 2.45) is 4.99 Å². The Hall–Kier alpha value is -3.14. The molecule has 0 aliphatic carbocycles. The van der Waals surface area contributed by atoms with E-state index in [0.717, 1.165) is 0 Å². The number of carbonyl (C=O) groups is 4. The number of ketones is 1. The molecule has 1 aromatic carbocycles. The van der Waals surface area contributed by atoms with E-state index in [9.17, 15) is 23.6 Å². The maximum absolute atomic E-state index is 13.7. The van der Waals surface area contributed by atoms with Crippen LogP contribution in [0.25, 0.3) is 0 Å². The first-order chi connectivity index (χ1) is 14.2. The van der Waals surface area contributed by atoms with E-state index in [1.54, 1.807) is 13.8 Å². The van der Waals surface area contributed by atoms with Crippen molar-refractivity contribution in [2.75, 3.05) is 24.6 Å². The SMILES string of the molecule is CC1(C)OCCN2C(=O)C(=O)C(C(=O)NCc3ccc(F)cc3N3CCC3=O)N=C21. The molecule has 158 valence electrons. The van der Waals surface area contributed by atoms with Crippen LogP contribution in [0.1, 0.15) is 25.8 Å². The number of β-lactam (4-membered cyclic amide) rings is 1. The minimum Gasteiger partial charge on any atom is -0.366 e. The van der Waals surface area contributed by atoms with Crippen LogP contribution in [0.5, 0.6) is 0 Å². The lowest BCUT2D eigenvalue weighted by Gasteiger charge is -2.41. The number of anilines is 1. The zero-order valence-corrected chi connectivity index (χ0v) is 16.6. The summed E-state index contributed by atoms with van der Waals surface area (Å²) in [4.78, 5) is 56.3. The Labute approximate surface area is 171 Å². The number of ether oxygens (including phenoxy) is 1. The molecule has 1 unspecified atom stereocenters. The number of fused-ring (bicyclic) bond motifs is 1. The number of Topliss-reactive ketones (excluding diaryl/α,β-unsaturated/α-hetero) is 1. The van der Waals surface area contributed by atoms with Crippen LogP contribution < -0.4 is 10.2 Å². The summed E-state index contributed by atoms with van der Waals surface area (Å²) in [7, 11) is 0. The maximum Gasteiger partial charge on any atom is 0.298 e. The monoisotopic (exact) mass is 416 g/mol. The number of halogens is 1. The van der Waals surface area contributed by atoms with E-state index in [-0.39, 0.29) is 31.4 Å². The number of amidine groups is 1. The number of nitrogens with one attached hydrogen (secondary N) is 1. The second-order valence-corrected chi connectivity index (χ2v) is 7.82. The van der Waals surface area contributed by atoms with Gasteiger partial charge in [0.1, 0.15) is 17.3 Å². The fourth-order valence-electron chi connectivity index (χ4n) is 3.71. The Balaban J connectivity index is 1.54. The fourth-order valence-corrected chi connectivity index (χ4v) is 3.71. The van der Waals surface area contributed by atoms with Crippen molar-refractivity contribution < 1.29 is 28.3 Å². The molecule has 1 aromatic rings. The molecular weight excluding hydrogens is 395 g/mol. The van der Waals surface area contributed by atoms with Gasteiger partial charge >= 0.3 is 0 Å². The molecule has 3 heterocycles. The molecule has 0 aromatic heterocycles. The molecule has 2 saturated heterocycles. The van der Waals surface area contributed by atoms with Crippen molar-refractivity contribution >= 4 is 35.0 Å². The zero-order valence-electron chi connectivity index (χ0n) is 16.6. The van der Waals surface area contributed by atoms with Crippen LogP contribution in [0.4, 0.5) is 10.1 Å². The van der Waals surface area contributed by atoms with E-state index in [1.807, 2.05) is 0 Å². The third-order valence-corrected chi connectivity index (χ3v) is 5.42. The van der Waals surface area contributed by atoms with Crippen LogP contribution in [0, 0.1) is 5.82 Å². The number of hydrogen-bond acceptors (Lipinski definition) is 6. The Morgan fingerprint density at radius 2 is 2.03 bits per heavy atom. The van der Waals surface area contributed by atoms with Gasteiger partial charge in [-0.15, -0.1) is 0 Å². The molecule has 0 spiro atoms. The third-order valence-electron chi connectivity index (χ3n) is 5.42. The van der Waals surface area contributed by atoms with E-state index in [1.165, 1.54) is 28.0 Å². The van der Waals surface area contributed by atoms with Crippen LogP contribution in [0.2, 0.25) is 0 Å². The summed E-state index contributed by atoms with van der Waals surface area (Å²) in [5, 5.41) is 2.58. The van der Waals surface area contributed by atoms with Crippen LogP contribution in [0.15, 0.2) is 23.2 Å². The molecule has 3 aliphatic heterocycles. The summed E-state index contributed by atoms with van der Waals surface area (Å²) in [5.41, 5.74) is -0.0188. The fraction of sp³-hybridized carbons (Fsp3) is 0.450. The highest BCUT2D eigenvalue weighted by atomic mass is 19.1. The molecule has 0 bridgehead atoms. The third kappa shape index (κ3) is 3.36. The van der Waals surface area contributed by atoms with Crippen LogP contribution in [0.3, 0.4) is 0 Å². The predicted octanol–water partition coefficient (Wildman–Crippen LogP) is 0.166. The summed E-state index contributed by atoms with van der Waals surface area (Å²) < 4.78 is 19.3. The molecule has 0 radical (unpaired) electrons. The van der Waals surface area contributed by atoms with Gasteiger partial charge in [-0.05, 0) is 31.5 Å². The normalized spacial score (nSPS) is 23.0. The molecule has 2 fully saturated rings. The van der Waals surface area contributed by atoms with Gasteiger partial charge in [-0.1, -0.05) is 6.07 Å². The number of rotatable bonds is 4. The van der Waals surface area contributed by atoms with Crippen LogP contribution >= 0.6 is 0 Å². The van der Waals surface area contributed by atoms with Gasteiger partial charge < -0.3 is 15.0 Å². The molecule has 4 rings (SSSR count). The lowest BCUT2D eigenvalue weighted by atomic mass is 9.99. The van der Waals surface area contributed by atoms with Crippen molar-refractivity contribution in [3.63, 3.8) is 0 Å². The molecule has 0 saturated carbocycles. The number of morpholine rings is 1. The summed E-state index contributed by atoms with van der Waals surface area (Å²) in [5.74, 6) is -2.83. The minimum absolute atomic E-state index is 0.0509. The highest BCUT2D eigenvalue weighted by molar-refractivity contribution is 6.46. The number of benzene rings is 1. The average Bonchev–Trinajstić information content (AvgIpc) is 2.68. The molecular formula is C20H21FN4O5. The van der Waals surface area contributed by atoms with Gasteiger partial charge in [-0.3, -0.25) is 24.1 Å². The molecule has 30 heavy (non-hydrogen) atoms. The lowest BCUT2D eigenvalue weighted by Crippen LogP contribution is -2.62. The molecule has 1 atom stereocenters. The number of nitrogens with zero attached hydrogens (tertiary/aromatic N) is 3. The quantitative estimate of drug-likeness (QED) is 0.428. The van der Waals surface area contributed by atoms with Crippen LogP contribution in [-0.4, -0.2) is 65.6 Å². The number of hydrogen-bond donors (Lipinski definition) is 1. The Kier molecular flexibility index (Phi) is 4.89. The number of amides is 3. The van der Waals surface area contributed by atoms with E-state index in [2.05, 4.69) is 10.3 Å². The summed E-state index contributed by atoms with van der Waals surface area (Å²) in [6.45, 7) is 4.31. The predicted molar refractivity (Wildman–Crippen MR) is 103 cm³/mol. The van der Waals surface area contributed by atoms with Crippen molar-refractivity contribution in [1.82, 2.24) is 10.2 Å². The molecule has 10 heteroatoms. The van der Waals surface area contributed by atoms with Crippen molar-refractivity contribution in [1.29, 1.82) is 0 Å². The Morgan fingerprint density at radius 1 is 1.27 bits per heavy atom. The van der Waals surface area contributed by atoms with E-state index in [0.29, 0.717) is 24.2 Å². The van der Waals surface area contributed by atoms with Gasteiger partial charge in [0.15, 0.2) is 6.04 Å². The minimum atomic E-state index is -1.51. The number of carbonyl (C=O) groups excluding carboxylic acids is 4. The highest BCUT2D eigenvalue weighted by Crippen LogP contribution is 2.28. The molecule has 3 aliphatic rings. The summed E-state index contributed by atoms with van der Waals surface area (Å²) in [6, 6.07) is 2.41. The van der Waals surface area contributed by atoms with Gasteiger partial charge in [-0.2, -0.15) is 0 Å². The first-order valence-corrected chi connectivity index (χ1v) is 9.63. The van der Waals surface area contributed by atoms with Crippen LogP contribution in [-0.2, 0) is 30.5 Å². The van der Waals surface area contributed by atoms with Gasteiger partial charge in [0, 0.05) is 19.5 Å². The maximum atomic E-state index is 13.7. The standard InChI is InChI=1S/C20H21FN4O5/c1-20(2)19-23-15(16(27)18(29)25(19)7-8-30-20)17(28)22-10-11-3-4-12(21)9-13(11)24-6-5-14(24)26/h3-4,9,15H,5-8,10H2,1-2H3,(H,22,28). The van der Waals surface area contributed by atoms with Gasteiger partial charge in [-0.25, -0.2) is 9.38 Å². The first-order valence-electron chi connectivity index (χ1n) is 9.63. The smallest absolute Gasteiger partial charge is 0.298 e. The lowest BCUT2D eigenvalue weighted by molar-refractivity contribution is -0.148. The second-order valence-electron chi connectivity index (χ2n) is 7.82. The second kappa shape index (κ2) is 7.28. The summed E-state index contributed by atoms with van der Waals surface area (Å²) >= 11 is 0. The zero-order chi connectivity index (χ0) is 21.6. The Morgan fingerprint density at radius 3 is 2.70 bits per heavy atom. The topological polar surface area (TPSA) is 108 Å². The van der Waals surface area contributed by atoms with E-state index < -0.39 is 35.1 Å². The van der Waals surface area contributed by atoms with Gasteiger partial charge in [0.05, 0.1) is 18.8 Å². The van der Waals surface area contributed by atoms with Gasteiger partial charge in [0.25, 0.3) is 17.6 Å². The first kappa shape index (κ1) is 20.1. The molecule has 3 amide bonds.